The van der Waals surface area contributed by atoms with Gasteiger partial charge in [-0.25, -0.2) is 0 Å². The molecule has 0 aromatic carbocycles. The van der Waals surface area contributed by atoms with Gasteiger partial charge in [0, 0.05) is 6.42 Å². The molecule has 0 saturated carbocycles. The number of carbonyl (C=O) groups excluding carboxylic acids is 1. The van der Waals surface area contributed by atoms with Crippen LogP contribution in [0.5, 0.6) is 0 Å². The van der Waals surface area contributed by atoms with Crippen molar-refractivity contribution in [3.05, 3.63) is 12.2 Å². The smallest absolute Gasteiger partial charge is 0.217 e. The number of primary amides is 1. The molecular formula is C9H17NO. The molecule has 1 amide bonds. The number of nitrogens with two attached hydrogens (primary N) is 1. The van der Waals surface area contributed by atoms with Crippen LogP contribution in [0.1, 0.15) is 33.1 Å². The van der Waals surface area contributed by atoms with E-state index in [0.29, 0.717) is 12.3 Å². The summed E-state index contributed by atoms with van der Waals surface area (Å²) < 4.78 is 0. The lowest BCUT2D eigenvalue weighted by atomic mass is 10.0. The van der Waals surface area contributed by atoms with Gasteiger partial charge >= 0.3 is 0 Å². The number of hydrogen-bond donors (Lipinski definition) is 1. The Labute approximate surface area is 68.5 Å². The first-order valence-electron chi connectivity index (χ1n) is 3.97. The lowest BCUT2D eigenvalue weighted by molar-refractivity contribution is -0.118. The molecule has 0 aliphatic carbocycles. The molecule has 0 heterocycles. The summed E-state index contributed by atoms with van der Waals surface area (Å²) in [6, 6.07) is 0. The van der Waals surface area contributed by atoms with E-state index in [0.717, 1.165) is 18.4 Å². The highest BCUT2D eigenvalue weighted by molar-refractivity contribution is 5.73. The van der Waals surface area contributed by atoms with Crippen LogP contribution in [0, 0.1) is 5.92 Å². The molecule has 2 nitrogen and oxygen atoms in total. The summed E-state index contributed by atoms with van der Waals surface area (Å²) in [4.78, 5) is 10.4. The molecule has 0 fully saturated rings. The van der Waals surface area contributed by atoms with E-state index in [-0.39, 0.29) is 5.91 Å². The lowest BCUT2D eigenvalue weighted by Gasteiger charge is -2.06. The van der Waals surface area contributed by atoms with Gasteiger partial charge in [-0.2, -0.15) is 0 Å². The molecule has 0 spiro atoms. The highest BCUT2D eigenvalue weighted by atomic mass is 16.1. The first-order chi connectivity index (χ1) is 5.02. The van der Waals surface area contributed by atoms with Crippen LogP contribution in [0.4, 0.5) is 0 Å². The van der Waals surface area contributed by atoms with E-state index < -0.39 is 0 Å². The van der Waals surface area contributed by atoms with Crippen molar-refractivity contribution in [2.24, 2.45) is 11.7 Å². The van der Waals surface area contributed by atoms with Gasteiger partial charge in [0.2, 0.25) is 5.91 Å². The van der Waals surface area contributed by atoms with Gasteiger partial charge in [0.1, 0.15) is 0 Å². The predicted molar refractivity (Wildman–Crippen MR) is 47.0 cm³/mol. The summed E-state index contributed by atoms with van der Waals surface area (Å²) in [6.07, 6.45) is 2.17. The SMILES string of the molecule is C=C(CCC(N)=O)CC(C)C. The second kappa shape index (κ2) is 4.94. The molecule has 0 atom stereocenters. The monoisotopic (exact) mass is 155 g/mol. The molecule has 0 rings (SSSR count). The van der Waals surface area contributed by atoms with Gasteiger partial charge in [0.05, 0.1) is 0 Å². The Morgan fingerprint density at radius 2 is 2.00 bits per heavy atom. The van der Waals surface area contributed by atoms with Crippen molar-refractivity contribution in [1.82, 2.24) is 0 Å². The third-order valence-corrected chi connectivity index (χ3v) is 1.42. The van der Waals surface area contributed by atoms with E-state index in [1.54, 1.807) is 0 Å². The summed E-state index contributed by atoms with van der Waals surface area (Å²) >= 11 is 0. The van der Waals surface area contributed by atoms with Crippen molar-refractivity contribution in [2.45, 2.75) is 33.1 Å². The summed E-state index contributed by atoms with van der Waals surface area (Å²) in [5, 5.41) is 0. The van der Waals surface area contributed by atoms with Gasteiger partial charge in [-0.1, -0.05) is 26.0 Å². The molecule has 2 N–H and O–H groups in total. The zero-order valence-corrected chi connectivity index (χ0v) is 7.39. The number of hydrogen-bond acceptors (Lipinski definition) is 1. The Kier molecular flexibility index (Phi) is 4.59. The van der Waals surface area contributed by atoms with E-state index >= 15 is 0 Å². The maximum absolute atomic E-state index is 10.4. The van der Waals surface area contributed by atoms with Crippen LogP contribution < -0.4 is 5.73 Å². The average Bonchev–Trinajstić information content (AvgIpc) is 1.82. The number of amides is 1. The topological polar surface area (TPSA) is 43.1 Å². The van der Waals surface area contributed by atoms with E-state index in [9.17, 15) is 4.79 Å². The van der Waals surface area contributed by atoms with Gasteiger partial charge in [-0.05, 0) is 18.8 Å². The van der Waals surface area contributed by atoms with Crippen molar-refractivity contribution in [2.75, 3.05) is 0 Å². The minimum atomic E-state index is -0.241. The molecule has 0 radical (unpaired) electrons. The van der Waals surface area contributed by atoms with Gasteiger partial charge < -0.3 is 5.73 Å². The Morgan fingerprint density at radius 1 is 1.45 bits per heavy atom. The van der Waals surface area contributed by atoms with Gasteiger partial charge in [0.25, 0.3) is 0 Å². The van der Waals surface area contributed by atoms with Crippen molar-refractivity contribution >= 4 is 5.91 Å². The Balaban J connectivity index is 3.45. The molecule has 2 heteroatoms. The van der Waals surface area contributed by atoms with Gasteiger partial charge in [0.15, 0.2) is 0 Å². The minimum absolute atomic E-state index is 0.241. The molecule has 11 heavy (non-hydrogen) atoms. The van der Waals surface area contributed by atoms with Crippen LogP contribution in [-0.2, 0) is 4.79 Å². The van der Waals surface area contributed by atoms with E-state index in [1.165, 1.54) is 0 Å². The summed E-state index contributed by atoms with van der Waals surface area (Å²) in [7, 11) is 0. The second-order valence-corrected chi connectivity index (χ2v) is 3.31. The summed E-state index contributed by atoms with van der Waals surface area (Å²) in [6.45, 7) is 8.13. The van der Waals surface area contributed by atoms with Crippen LogP contribution in [0.25, 0.3) is 0 Å². The van der Waals surface area contributed by atoms with Crippen LogP contribution in [0.15, 0.2) is 12.2 Å². The van der Waals surface area contributed by atoms with Crippen molar-refractivity contribution < 1.29 is 4.79 Å². The van der Waals surface area contributed by atoms with Crippen molar-refractivity contribution in [3.63, 3.8) is 0 Å². The van der Waals surface area contributed by atoms with Crippen molar-refractivity contribution in [3.8, 4) is 0 Å². The zero-order chi connectivity index (χ0) is 8.85. The van der Waals surface area contributed by atoms with Crippen LogP contribution in [-0.4, -0.2) is 5.91 Å². The van der Waals surface area contributed by atoms with Crippen molar-refractivity contribution in [1.29, 1.82) is 0 Å². The molecular weight excluding hydrogens is 138 g/mol. The first kappa shape index (κ1) is 10.2. The first-order valence-corrected chi connectivity index (χ1v) is 3.97. The fourth-order valence-electron chi connectivity index (χ4n) is 0.979. The Bertz CT molecular complexity index is 150. The average molecular weight is 155 g/mol. The molecule has 0 aliphatic heterocycles. The van der Waals surface area contributed by atoms with E-state index in [4.69, 9.17) is 5.73 Å². The normalized spacial score (nSPS) is 10.1. The molecule has 0 aromatic rings. The quantitative estimate of drug-likeness (QED) is 0.605. The van der Waals surface area contributed by atoms with Crippen LogP contribution >= 0.6 is 0 Å². The van der Waals surface area contributed by atoms with E-state index in [2.05, 4.69) is 20.4 Å². The standard InChI is InChI=1S/C9H17NO/c1-7(2)6-8(3)4-5-9(10)11/h7H,3-6H2,1-2H3,(H2,10,11). The van der Waals surface area contributed by atoms with Gasteiger partial charge in [-0.15, -0.1) is 0 Å². The van der Waals surface area contributed by atoms with Crippen LogP contribution in [0.2, 0.25) is 0 Å². The Morgan fingerprint density at radius 3 is 2.36 bits per heavy atom. The number of rotatable bonds is 5. The second-order valence-electron chi connectivity index (χ2n) is 3.31. The number of allylic oxidation sites excluding steroid dienone is 1. The van der Waals surface area contributed by atoms with Gasteiger partial charge in [-0.3, -0.25) is 4.79 Å². The third kappa shape index (κ3) is 7.10. The number of carbonyl (C=O) groups is 1. The molecule has 0 bridgehead atoms. The van der Waals surface area contributed by atoms with E-state index in [1.807, 2.05) is 0 Å². The molecule has 0 aromatic heterocycles. The van der Waals surface area contributed by atoms with Crippen LogP contribution in [0.3, 0.4) is 0 Å². The molecule has 64 valence electrons. The maximum Gasteiger partial charge on any atom is 0.217 e. The molecule has 0 saturated heterocycles. The fraction of sp³-hybridized carbons (Fsp3) is 0.667. The summed E-state index contributed by atoms with van der Waals surface area (Å²) in [5.41, 5.74) is 6.12. The predicted octanol–water partition coefficient (Wildman–Crippen LogP) is 1.85. The largest absolute Gasteiger partial charge is 0.370 e. The maximum atomic E-state index is 10.4. The fourth-order valence-corrected chi connectivity index (χ4v) is 0.979. The third-order valence-electron chi connectivity index (χ3n) is 1.42. The summed E-state index contributed by atoms with van der Waals surface area (Å²) in [5.74, 6) is 0.380. The highest BCUT2D eigenvalue weighted by Gasteiger charge is 2.00. The Hall–Kier alpha value is -0.790. The minimum Gasteiger partial charge on any atom is -0.370 e. The highest BCUT2D eigenvalue weighted by Crippen LogP contribution is 2.13. The molecule has 0 unspecified atom stereocenters. The lowest BCUT2D eigenvalue weighted by Crippen LogP contribution is -2.10. The zero-order valence-electron chi connectivity index (χ0n) is 7.39. The molecule has 0 aliphatic rings.